The molecule has 182 valence electrons. The number of ether oxygens (including phenoxy) is 3. The van der Waals surface area contributed by atoms with Crippen LogP contribution in [0.15, 0.2) is 71.8 Å². The molecule has 3 aromatic carbocycles. The molecular formula is C27H22FN3O5. The molecule has 0 unspecified atom stereocenters. The van der Waals surface area contributed by atoms with Crippen LogP contribution in [0, 0.1) is 5.82 Å². The zero-order valence-corrected chi connectivity index (χ0v) is 19.7. The molecule has 0 fully saturated rings. The van der Waals surface area contributed by atoms with E-state index in [9.17, 15) is 14.0 Å². The number of amides is 1. The summed E-state index contributed by atoms with van der Waals surface area (Å²) in [5.41, 5.74) is 5.23. The highest BCUT2D eigenvalue weighted by Gasteiger charge is 2.16. The minimum atomic E-state index is -0.523. The maximum Gasteiger partial charge on any atom is 0.308 e. The highest BCUT2D eigenvalue weighted by atomic mass is 19.1. The van der Waals surface area contributed by atoms with Crippen LogP contribution >= 0.6 is 0 Å². The summed E-state index contributed by atoms with van der Waals surface area (Å²) in [6, 6.07) is 17.9. The van der Waals surface area contributed by atoms with Crippen LogP contribution in [0.4, 0.5) is 4.39 Å². The van der Waals surface area contributed by atoms with Gasteiger partial charge in [0.2, 0.25) is 5.75 Å². The number of esters is 1. The number of rotatable bonds is 7. The number of hydrogen-bond donors (Lipinski definition) is 1. The fraction of sp³-hybridized carbons (Fsp3) is 0.111. The zero-order valence-electron chi connectivity index (χ0n) is 19.7. The number of carbonyl (C=O) groups is 2. The number of fused-ring (bicyclic) bond motifs is 1. The molecule has 0 atom stereocenters. The van der Waals surface area contributed by atoms with E-state index < -0.39 is 11.9 Å². The lowest BCUT2D eigenvalue weighted by atomic mass is 10.0. The number of aromatic nitrogens is 1. The van der Waals surface area contributed by atoms with Gasteiger partial charge in [-0.3, -0.25) is 9.59 Å². The summed E-state index contributed by atoms with van der Waals surface area (Å²) in [7, 11) is 2.86. The van der Waals surface area contributed by atoms with Gasteiger partial charge in [-0.2, -0.15) is 5.10 Å². The monoisotopic (exact) mass is 487 g/mol. The first-order chi connectivity index (χ1) is 17.4. The molecule has 1 N–H and O–H groups in total. The first kappa shape index (κ1) is 24.3. The molecule has 4 rings (SSSR count). The normalized spacial score (nSPS) is 10.9. The van der Waals surface area contributed by atoms with Gasteiger partial charge in [0.05, 0.1) is 37.2 Å². The molecule has 0 aliphatic rings. The summed E-state index contributed by atoms with van der Waals surface area (Å²) < 4.78 is 29.2. The molecule has 1 heterocycles. The van der Waals surface area contributed by atoms with Gasteiger partial charge < -0.3 is 14.2 Å². The Morgan fingerprint density at radius 3 is 2.28 bits per heavy atom. The Kier molecular flexibility index (Phi) is 7.20. The fourth-order valence-corrected chi connectivity index (χ4v) is 3.58. The zero-order chi connectivity index (χ0) is 25.7. The molecule has 0 radical (unpaired) electrons. The molecule has 0 aliphatic carbocycles. The van der Waals surface area contributed by atoms with Gasteiger partial charge >= 0.3 is 5.97 Å². The molecule has 0 saturated heterocycles. The van der Waals surface area contributed by atoms with Gasteiger partial charge in [0.15, 0.2) is 11.5 Å². The van der Waals surface area contributed by atoms with E-state index in [4.69, 9.17) is 14.2 Å². The average molecular weight is 487 g/mol. The largest absolute Gasteiger partial charge is 0.493 e. The van der Waals surface area contributed by atoms with E-state index >= 15 is 0 Å². The number of hydrazone groups is 1. The third kappa shape index (κ3) is 5.30. The van der Waals surface area contributed by atoms with Crippen molar-refractivity contribution in [3.8, 4) is 28.5 Å². The van der Waals surface area contributed by atoms with Crippen LogP contribution in [-0.2, 0) is 4.79 Å². The molecule has 1 amide bonds. The third-order valence-electron chi connectivity index (χ3n) is 5.21. The van der Waals surface area contributed by atoms with Crippen LogP contribution in [-0.4, -0.2) is 37.3 Å². The van der Waals surface area contributed by atoms with E-state index in [1.54, 1.807) is 42.5 Å². The highest BCUT2D eigenvalue weighted by molar-refractivity contribution is 6.07. The SMILES string of the molecule is COc1cc(/C=N/NC(=O)c2cc(-c3ccc(F)cc3)nc3ccccc23)cc(OC)c1OC(C)=O. The molecule has 8 nitrogen and oxygen atoms in total. The van der Waals surface area contributed by atoms with Gasteiger partial charge in [-0.1, -0.05) is 18.2 Å². The lowest BCUT2D eigenvalue weighted by Gasteiger charge is -2.13. The van der Waals surface area contributed by atoms with Crippen molar-refractivity contribution in [3.63, 3.8) is 0 Å². The van der Waals surface area contributed by atoms with Gasteiger partial charge in [-0.05, 0) is 48.5 Å². The molecule has 36 heavy (non-hydrogen) atoms. The number of carbonyl (C=O) groups excluding carboxylic acids is 2. The Bertz CT molecular complexity index is 1440. The third-order valence-corrected chi connectivity index (χ3v) is 5.21. The summed E-state index contributed by atoms with van der Waals surface area (Å²) in [6.45, 7) is 1.27. The molecule has 0 aliphatic heterocycles. The summed E-state index contributed by atoms with van der Waals surface area (Å²) >= 11 is 0. The number of para-hydroxylation sites is 1. The van der Waals surface area contributed by atoms with Crippen LogP contribution in [0.1, 0.15) is 22.8 Å². The molecule has 1 aromatic heterocycles. The van der Waals surface area contributed by atoms with E-state index in [1.165, 1.54) is 39.5 Å². The van der Waals surface area contributed by atoms with Crippen molar-refractivity contribution in [2.75, 3.05) is 14.2 Å². The van der Waals surface area contributed by atoms with Crippen molar-refractivity contribution in [2.45, 2.75) is 6.92 Å². The van der Waals surface area contributed by atoms with Crippen LogP contribution in [0.3, 0.4) is 0 Å². The molecular weight excluding hydrogens is 465 g/mol. The summed E-state index contributed by atoms with van der Waals surface area (Å²) in [6.07, 6.45) is 1.41. The quantitative estimate of drug-likeness (QED) is 0.175. The number of halogens is 1. The highest BCUT2D eigenvalue weighted by Crippen LogP contribution is 2.38. The van der Waals surface area contributed by atoms with Crippen molar-refractivity contribution < 1.29 is 28.2 Å². The topological polar surface area (TPSA) is 99.1 Å². The Morgan fingerprint density at radius 1 is 0.972 bits per heavy atom. The predicted molar refractivity (Wildman–Crippen MR) is 133 cm³/mol. The minimum Gasteiger partial charge on any atom is -0.493 e. The average Bonchev–Trinajstić information content (AvgIpc) is 2.88. The number of nitrogens with one attached hydrogen (secondary N) is 1. The molecule has 9 heteroatoms. The van der Waals surface area contributed by atoms with Crippen LogP contribution in [0.5, 0.6) is 17.2 Å². The van der Waals surface area contributed by atoms with Gasteiger partial charge in [0.25, 0.3) is 5.91 Å². The Balaban J connectivity index is 1.63. The molecule has 0 bridgehead atoms. The molecule has 0 spiro atoms. The van der Waals surface area contributed by atoms with Crippen molar-refractivity contribution in [3.05, 3.63) is 83.7 Å². The standard InChI is InChI=1S/C27H22FN3O5/c1-16(32)36-26-24(34-2)12-17(13-25(26)35-3)15-29-31-27(33)21-14-23(18-8-10-19(28)11-9-18)30-22-7-5-4-6-20(21)22/h4-15H,1-3H3,(H,31,33)/b29-15+. The molecule has 0 saturated carbocycles. The lowest BCUT2D eigenvalue weighted by molar-refractivity contribution is -0.132. The maximum atomic E-state index is 13.4. The number of benzene rings is 3. The fourth-order valence-electron chi connectivity index (χ4n) is 3.58. The number of methoxy groups -OCH3 is 2. The van der Waals surface area contributed by atoms with Crippen LogP contribution < -0.4 is 19.6 Å². The van der Waals surface area contributed by atoms with Gasteiger partial charge in [0, 0.05) is 23.4 Å². The van der Waals surface area contributed by atoms with Gasteiger partial charge in [-0.25, -0.2) is 14.8 Å². The second-order valence-electron chi connectivity index (χ2n) is 7.63. The number of nitrogens with zero attached hydrogens (tertiary/aromatic N) is 2. The van der Waals surface area contributed by atoms with Gasteiger partial charge in [-0.15, -0.1) is 0 Å². The summed E-state index contributed by atoms with van der Waals surface area (Å²) in [5.74, 6) is -0.664. The number of hydrogen-bond acceptors (Lipinski definition) is 7. The first-order valence-electron chi connectivity index (χ1n) is 10.8. The minimum absolute atomic E-state index is 0.144. The Morgan fingerprint density at radius 2 is 1.64 bits per heavy atom. The van der Waals surface area contributed by atoms with E-state index in [2.05, 4.69) is 15.5 Å². The van der Waals surface area contributed by atoms with Crippen molar-refractivity contribution in [1.82, 2.24) is 10.4 Å². The maximum absolute atomic E-state index is 13.4. The Labute approximate surface area is 206 Å². The van der Waals surface area contributed by atoms with E-state index in [1.807, 2.05) is 12.1 Å². The van der Waals surface area contributed by atoms with E-state index in [0.29, 0.717) is 33.3 Å². The molecule has 4 aromatic rings. The number of pyridine rings is 1. The second-order valence-corrected chi connectivity index (χ2v) is 7.63. The smallest absolute Gasteiger partial charge is 0.308 e. The summed E-state index contributed by atoms with van der Waals surface area (Å²) in [5, 5.41) is 4.71. The lowest BCUT2D eigenvalue weighted by Crippen LogP contribution is -2.18. The van der Waals surface area contributed by atoms with E-state index in [-0.39, 0.29) is 23.1 Å². The van der Waals surface area contributed by atoms with Crippen molar-refractivity contribution >= 4 is 29.0 Å². The van der Waals surface area contributed by atoms with Crippen LogP contribution in [0.25, 0.3) is 22.2 Å². The van der Waals surface area contributed by atoms with Gasteiger partial charge in [0.1, 0.15) is 5.82 Å². The van der Waals surface area contributed by atoms with Crippen LogP contribution in [0.2, 0.25) is 0 Å². The van der Waals surface area contributed by atoms with E-state index in [0.717, 1.165) is 0 Å². The summed E-state index contributed by atoms with van der Waals surface area (Å²) in [4.78, 5) is 29.1. The first-order valence-corrected chi connectivity index (χ1v) is 10.8. The van der Waals surface area contributed by atoms with Crippen molar-refractivity contribution in [2.24, 2.45) is 5.10 Å². The Hall–Kier alpha value is -4.79. The van der Waals surface area contributed by atoms with Crippen molar-refractivity contribution in [1.29, 1.82) is 0 Å². The second kappa shape index (κ2) is 10.6. The predicted octanol–water partition coefficient (Wildman–Crippen LogP) is 4.75.